The van der Waals surface area contributed by atoms with E-state index in [1.807, 2.05) is 19.1 Å². The number of rotatable bonds is 1. The van der Waals surface area contributed by atoms with Crippen molar-refractivity contribution in [3.05, 3.63) is 59.9 Å². The Balaban J connectivity index is 1.58. The van der Waals surface area contributed by atoms with Crippen LogP contribution in [0, 0.1) is 29.6 Å². The van der Waals surface area contributed by atoms with Gasteiger partial charge in [-0.1, -0.05) is 43.4 Å². The van der Waals surface area contributed by atoms with Crippen LogP contribution in [0.2, 0.25) is 0 Å². The van der Waals surface area contributed by atoms with Crippen molar-refractivity contribution in [3.63, 3.8) is 0 Å². The lowest BCUT2D eigenvalue weighted by Crippen LogP contribution is -2.45. The van der Waals surface area contributed by atoms with E-state index in [2.05, 4.69) is 16.7 Å². The number of aliphatic hydroxyl groups excluding tert-OH is 2. The molecule has 1 unspecified atom stereocenters. The van der Waals surface area contributed by atoms with Crippen molar-refractivity contribution in [2.45, 2.75) is 63.7 Å². The van der Waals surface area contributed by atoms with Gasteiger partial charge in [-0.25, -0.2) is 0 Å². The second-order valence-electron chi connectivity index (χ2n) is 10.9. The molecule has 1 saturated heterocycles. The van der Waals surface area contributed by atoms with Crippen LogP contribution in [0.15, 0.2) is 59.9 Å². The van der Waals surface area contributed by atoms with E-state index in [0.29, 0.717) is 31.7 Å². The third-order valence-corrected chi connectivity index (χ3v) is 8.79. The van der Waals surface area contributed by atoms with Crippen LogP contribution >= 0.6 is 0 Å². The zero-order chi connectivity index (χ0) is 26.7. The maximum atomic E-state index is 12.6. The molecule has 8 atom stereocenters. The molecule has 0 aromatic carbocycles. The number of hydrogen-bond acceptors (Lipinski definition) is 6. The number of amides is 2. The van der Waals surface area contributed by atoms with E-state index in [-0.39, 0.29) is 40.9 Å². The van der Waals surface area contributed by atoms with Gasteiger partial charge in [-0.3, -0.25) is 14.4 Å². The van der Waals surface area contributed by atoms with Gasteiger partial charge in [0.1, 0.15) is 11.3 Å². The van der Waals surface area contributed by atoms with Crippen molar-refractivity contribution >= 4 is 17.6 Å². The molecule has 2 heterocycles. The fourth-order valence-corrected chi connectivity index (χ4v) is 6.86. The number of nitrogens with one attached hydrogen (secondary N) is 2. The molecule has 2 aliphatic carbocycles. The van der Waals surface area contributed by atoms with Crippen molar-refractivity contribution in [2.24, 2.45) is 29.6 Å². The van der Waals surface area contributed by atoms with Gasteiger partial charge in [0.05, 0.1) is 17.7 Å². The van der Waals surface area contributed by atoms with E-state index in [9.17, 15) is 29.7 Å². The van der Waals surface area contributed by atoms with E-state index in [4.69, 9.17) is 0 Å². The van der Waals surface area contributed by atoms with Gasteiger partial charge in [-0.2, -0.15) is 0 Å². The zero-order valence-electron chi connectivity index (χ0n) is 21.5. The quantitative estimate of drug-likeness (QED) is 0.344. The number of Topliss-reactive ketones (excluding diaryl/α,β-unsaturated/α-hetero) is 1. The van der Waals surface area contributed by atoms with Gasteiger partial charge in [-0.05, 0) is 74.7 Å². The molecule has 37 heavy (non-hydrogen) atoms. The topological polar surface area (TPSA) is 136 Å². The number of aliphatic hydroxyl groups is 3. The SMILES string of the molecule is CC(O)[C@]1(O)C[C@H]2C[C@H]3C=CC=CC(=O)NCCC[C@@H]4NC(=O)C(=C(O)C=CC=CC[C@@H]3[C@H]2[C@@H]1C)C4=O. The van der Waals surface area contributed by atoms with Gasteiger partial charge in [0.25, 0.3) is 5.91 Å². The van der Waals surface area contributed by atoms with Crippen LogP contribution in [0.25, 0.3) is 0 Å². The minimum atomic E-state index is -1.10. The molecule has 2 aliphatic heterocycles. The van der Waals surface area contributed by atoms with Gasteiger partial charge in [-0.15, -0.1) is 0 Å². The first kappa shape index (κ1) is 27.1. The molecule has 200 valence electrons. The monoisotopic (exact) mass is 510 g/mol. The smallest absolute Gasteiger partial charge is 0.259 e. The normalized spacial score (nSPS) is 37.8. The predicted molar refractivity (Wildman–Crippen MR) is 139 cm³/mol. The van der Waals surface area contributed by atoms with Crippen LogP contribution in [-0.4, -0.2) is 57.2 Å². The van der Waals surface area contributed by atoms with Gasteiger partial charge < -0.3 is 26.0 Å². The Morgan fingerprint density at radius 1 is 1.11 bits per heavy atom. The molecule has 2 bridgehead atoms. The second kappa shape index (κ2) is 11.2. The van der Waals surface area contributed by atoms with Crippen LogP contribution in [0.4, 0.5) is 0 Å². The summed E-state index contributed by atoms with van der Waals surface area (Å²) in [5.74, 6) is -0.676. The first-order valence-corrected chi connectivity index (χ1v) is 13.3. The molecule has 5 N–H and O–H groups in total. The Morgan fingerprint density at radius 3 is 2.62 bits per heavy atom. The van der Waals surface area contributed by atoms with Crippen molar-refractivity contribution in [2.75, 3.05) is 6.54 Å². The molecule has 0 aromatic heterocycles. The average molecular weight is 511 g/mol. The molecule has 8 nitrogen and oxygen atoms in total. The number of ketones is 1. The van der Waals surface area contributed by atoms with Crippen LogP contribution in [0.3, 0.4) is 0 Å². The number of allylic oxidation sites excluding steroid dienone is 7. The molecule has 0 radical (unpaired) electrons. The van der Waals surface area contributed by atoms with E-state index < -0.39 is 29.4 Å². The highest BCUT2D eigenvalue weighted by molar-refractivity contribution is 6.27. The maximum Gasteiger partial charge on any atom is 0.259 e. The standard InChI is InChI=1S/C29H38N2O6/c1-17-25-20(16-29(17,37)18(2)32)15-19-9-6-7-13-24(34)30-14-8-11-22-27(35)26(28(36)31-22)23(33)12-5-3-4-10-21(19)25/h3-7,9,12-13,17-22,25,32-33,37H,8,10-11,14-16H2,1-2H3,(H,30,34)(H,31,36)/t17-,18?,19+,20+,21-,22-,25-,29-/m0/s1. The molecule has 2 amide bonds. The number of carbonyl (C=O) groups excluding carboxylic acids is 3. The fraction of sp³-hybridized carbons (Fsp3) is 0.552. The highest BCUT2D eigenvalue weighted by Gasteiger charge is 2.58. The van der Waals surface area contributed by atoms with Gasteiger partial charge in [0, 0.05) is 12.6 Å². The van der Waals surface area contributed by atoms with Crippen LogP contribution in [0.1, 0.15) is 46.0 Å². The fourth-order valence-electron chi connectivity index (χ4n) is 6.86. The summed E-state index contributed by atoms with van der Waals surface area (Å²) >= 11 is 0. The highest BCUT2D eigenvalue weighted by atomic mass is 16.3. The van der Waals surface area contributed by atoms with Crippen molar-refractivity contribution in [3.8, 4) is 0 Å². The Bertz CT molecular complexity index is 1070. The molecule has 2 saturated carbocycles. The number of hydrogen-bond donors (Lipinski definition) is 5. The molecule has 0 spiro atoms. The van der Waals surface area contributed by atoms with E-state index in [1.165, 1.54) is 12.2 Å². The molecule has 4 aliphatic rings. The minimum absolute atomic E-state index is 0.0645. The van der Waals surface area contributed by atoms with Crippen LogP contribution in [0.5, 0.6) is 0 Å². The van der Waals surface area contributed by atoms with Crippen molar-refractivity contribution in [1.82, 2.24) is 10.6 Å². The lowest BCUT2D eigenvalue weighted by atomic mass is 9.75. The Morgan fingerprint density at radius 2 is 1.86 bits per heavy atom. The van der Waals surface area contributed by atoms with Gasteiger partial charge in [0.2, 0.25) is 5.91 Å². The molecule has 3 fully saturated rings. The molecule has 8 heteroatoms. The lowest BCUT2D eigenvalue weighted by molar-refractivity contribution is -0.118. The molecular weight excluding hydrogens is 472 g/mol. The van der Waals surface area contributed by atoms with Crippen LogP contribution < -0.4 is 10.6 Å². The van der Waals surface area contributed by atoms with Crippen molar-refractivity contribution < 1.29 is 29.7 Å². The first-order valence-electron chi connectivity index (χ1n) is 13.3. The summed E-state index contributed by atoms with van der Waals surface area (Å²) in [6.45, 7) is 4.04. The third kappa shape index (κ3) is 5.50. The largest absolute Gasteiger partial charge is 0.507 e. The summed E-state index contributed by atoms with van der Waals surface area (Å²) in [6, 6.07) is -0.713. The maximum absolute atomic E-state index is 12.6. The molecular formula is C29H38N2O6. The predicted octanol–water partition coefficient (Wildman–Crippen LogP) is 2.41. The van der Waals surface area contributed by atoms with E-state index >= 15 is 0 Å². The number of carbonyl (C=O) groups is 3. The summed E-state index contributed by atoms with van der Waals surface area (Å²) in [5, 5.41) is 37.3. The number of fused-ring (bicyclic) bond motifs is 5. The second-order valence-corrected chi connectivity index (χ2v) is 10.9. The zero-order valence-corrected chi connectivity index (χ0v) is 21.5. The van der Waals surface area contributed by atoms with Crippen LogP contribution in [-0.2, 0) is 14.4 Å². The summed E-state index contributed by atoms with van der Waals surface area (Å²) in [6.07, 6.45) is 16.3. The van der Waals surface area contributed by atoms with E-state index in [1.54, 1.807) is 25.2 Å². The Kier molecular flexibility index (Phi) is 8.19. The van der Waals surface area contributed by atoms with Gasteiger partial charge >= 0.3 is 0 Å². The summed E-state index contributed by atoms with van der Waals surface area (Å²) in [5.41, 5.74) is -1.34. The Hall–Kier alpha value is -2.97. The average Bonchev–Trinajstić information content (AvgIpc) is 3.41. The third-order valence-electron chi connectivity index (χ3n) is 8.79. The molecule has 0 aromatic rings. The van der Waals surface area contributed by atoms with Crippen molar-refractivity contribution in [1.29, 1.82) is 0 Å². The lowest BCUT2D eigenvalue weighted by Gasteiger charge is -2.35. The summed E-state index contributed by atoms with van der Waals surface area (Å²) in [4.78, 5) is 37.1. The van der Waals surface area contributed by atoms with E-state index in [0.717, 1.165) is 12.8 Å². The molecule has 4 rings (SSSR count). The Labute approximate surface area is 217 Å². The first-order chi connectivity index (χ1) is 17.6. The van der Waals surface area contributed by atoms with Gasteiger partial charge in [0.15, 0.2) is 5.78 Å². The minimum Gasteiger partial charge on any atom is -0.507 e. The summed E-state index contributed by atoms with van der Waals surface area (Å²) in [7, 11) is 0. The summed E-state index contributed by atoms with van der Waals surface area (Å²) < 4.78 is 0. The highest BCUT2D eigenvalue weighted by Crippen LogP contribution is 2.59.